The molecule has 0 aliphatic heterocycles. The SMILES string of the molecule is CCCCCCCCCCCCc1ccc(-c2coc(C(C)OC(C)=O)n2)cc1. The van der Waals surface area contributed by atoms with Crippen molar-refractivity contribution in [2.24, 2.45) is 0 Å². The van der Waals surface area contributed by atoms with Crippen molar-refractivity contribution < 1.29 is 13.9 Å². The van der Waals surface area contributed by atoms with Crippen LogP contribution in [0.1, 0.15) is 103 Å². The summed E-state index contributed by atoms with van der Waals surface area (Å²) in [5, 5.41) is 0. The van der Waals surface area contributed by atoms with Gasteiger partial charge in [0.2, 0.25) is 5.89 Å². The molecule has 2 aromatic rings. The standard InChI is InChI=1S/C25H37NO3/c1-4-5-6-7-8-9-10-11-12-13-14-22-15-17-23(18-16-22)24-19-28-25(26-24)20(2)29-21(3)27/h15-20H,4-14H2,1-3H3. The van der Waals surface area contributed by atoms with E-state index in [2.05, 4.69) is 36.2 Å². The van der Waals surface area contributed by atoms with Gasteiger partial charge < -0.3 is 9.15 Å². The van der Waals surface area contributed by atoms with Crippen LogP contribution < -0.4 is 0 Å². The number of hydrogen-bond donors (Lipinski definition) is 0. The lowest BCUT2D eigenvalue weighted by Gasteiger charge is -2.06. The molecule has 1 aromatic heterocycles. The van der Waals surface area contributed by atoms with E-state index >= 15 is 0 Å². The molecule has 0 aliphatic carbocycles. The van der Waals surface area contributed by atoms with Crippen LogP contribution in [0.5, 0.6) is 0 Å². The first-order valence-electron chi connectivity index (χ1n) is 11.3. The van der Waals surface area contributed by atoms with Crippen LogP contribution in [-0.2, 0) is 16.0 Å². The molecule has 0 fully saturated rings. The average Bonchev–Trinajstić information content (AvgIpc) is 3.20. The second kappa shape index (κ2) is 13.2. The van der Waals surface area contributed by atoms with Crippen molar-refractivity contribution in [3.8, 4) is 11.3 Å². The molecule has 1 atom stereocenters. The molecule has 1 aromatic carbocycles. The second-order valence-electron chi connectivity index (χ2n) is 7.95. The lowest BCUT2D eigenvalue weighted by molar-refractivity contribution is -0.146. The minimum atomic E-state index is -0.475. The van der Waals surface area contributed by atoms with Crippen LogP contribution in [0.15, 0.2) is 34.9 Å². The summed E-state index contributed by atoms with van der Waals surface area (Å²) in [4.78, 5) is 15.5. The number of nitrogens with zero attached hydrogens (tertiary/aromatic N) is 1. The van der Waals surface area contributed by atoms with Gasteiger partial charge in [-0.05, 0) is 25.3 Å². The van der Waals surface area contributed by atoms with Crippen LogP contribution in [0.3, 0.4) is 0 Å². The average molecular weight is 400 g/mol. The summed E-state index contributed by atoms with van der Waals surface area (Å²) in [6.45, 7) is 5.41. The quantitative estimate of drug-likeness (QED) is 0.245. The number of hydrogen-bond acceptors (Lipinski definition) is 4. The van der Waals surface area contributed by atoms with Gasteiger partial charge in [-0.25, -0.2) is 4.98 Å². The maximum atomic E-state index is 11.1. The van der Waals surface area contributed by atoms with E-state index in [9.17, 15) is 4.79 Å². The number of rotatable bonds is 14. The molecule has 1 heterocycles. The summed E-state index contributed by atoms with van der Waals surface area (Å²) in [5.74, 6) is 0.0817. The van der Waals surface area contributed by atoms with Gasteiger partial charge in [0.15, 0.2) is 6.10 Å². The molecular weight excluding hydrogens is 362 g/mol. The maximum absolute atomic E-state index is 11.1. The van der Waals surface area contributed by atoms with Crippen molar-refractivity contribution in [2.45, 2.75) is 97.5 Å². The van der Waals surface area contributed by atoms with E-state index in [0.29, 0.717) is 5.89 Å². The van der Waals surface area contributed by atoms with Crippen LogP contribution in [0.2, 0.25) is 0 Å². The Morgan fingerprint density at radius 1 is 0.966 bits per heavy atom. The van der Waals surface area contributed by atoms with Gasteiger partial charge in [-0.3, -0.25) is 4.79 Å². The number of ether oxygens (including phenoxy) is 1. The van der Waals surface area contributed by atoms with E-state index in [4.69, 9.17) is 9.15 Å². The van der Waals surface area contributed by atoms with Crippen molar-refractivity contribution >= 4 is 5.97 Å². The van der Waals surface area contributed by atoms with E-state index in [0.717, 1.165) is 17.7 Å². The Bertz CT molecular complexity index is 705. The van der Waals surface area contributed by atoms with E-state index < -0.39 is 6.10 Å². The van der Waals surface area contributed by atoms with Crippen molar-refractivity contribution in [3.05, 3.63) is 42.0 Å². The summed E-state index contributed by atoms with van der Waals surface area (Å²) in [6.07, 6.45) is 15.9. The van der Waals surface area contributed by atoms with Crippen molar-refractivity contribution in [1.29, 1.82) is 0 Å². The fourth-order valence-corrected chi connectivity index (χ4v) is 3.57. The van der Waals surface area contributed by atoms with Crippen LogP contribution in [0.25, 0.3) is 11.3 Å². The van der Waals surface area contributed by atoms with Gasteiger partial charge in [0.1, 0.15) is 12.0 Å². The first-order chi connectivity index (χ1) is 14.1. The smallest absolute Gasteiger partial charge is 0.303 e. The molecular formula is C25H37NO3. The highest BCUT2D eigenvalue weighted by atomic mass is 16.6. The van der Waals surface area contributed by atoms with Gasteiger partial charge >= 0.3 is 5.97 Å². The molecule has 4 heteroatoms. The highest BCUT2D eigenvalue weighted by molar-refractivity contribution is 5.66. The Morgan fingerprint density at radius 3 is 2.14 bits per heavy atom. The highest BCUT2D eigenvalue weighted by Crippen LogP contribution is 2.24. The van der Waals surface area contributed by atoms with Gasteiger partial charge in [-0.2, -0.15) is 0 Å². The first-order valence-corrected chi connectivity index (χ1v) is 11.3. The van der Waals surface area contributed by atoms with Gasteiger partial charge in [-0.1, -0.05) is 89.0 Å². The normalized spacial score (nSPS) is 12.1. The van der Waals surface area contributed by atoms with Gasteiger partial charge in [-0.15, -0.1) is 0 Å². The van der Waals surface area contributed by atoms with Gasteiger partial charge in [0.25, 0.3) is 0 Å². The molecule has 4 nitrogen and oxygen atoms in total. The van der Waals surface area contributed by atoms with E-state index in [-0.39, 0.29) is 5.97 Å². The van der Waals surface area contributed by atoms with Crippen molar-refractivity contribution in [1.82, 2.24) is 4.98 Å². The molecule has 2 rings (SSSR count). The van der Waals surface area contributed by atoms with E-state index in [1.807, 2.05) is 0 Å². The number of aromatic nitrogens is 1. The topological polar surface area (TPSA) is 52.3 Å². The Kier molecular flexibility index (Phi) is 10.5. The number of benzene rings is 1. The zero-order valence-corrected chi connectivity index (χ0v) is 18.4. The van der Waals surface area contributed by atoms with Crippen LogP contribution in [0, 0.1) is 0 Å². The molecule has 0 saturated heterocycles. The number of esters is 1. The fourth-order valence-electron chi connectivity index (χ4n) is 3.57. The predicted octanol–water partition coefficient (Wildman–Crippen LogP) is 7.43. The molecule has 0 N–H and O–H groups in total. The van der Waals surface area contributed by atoms with E-state index in [1.165, 1.54) is 76.7 Å². The number of unbranched alkanes of at least 4 members (excludes halogenated alkanes) is 9. The first kappa shape index (κ1) is 23.2. The largest absolute Gasteiger partial charge is 0.453 e. The summed E-state index contributed by atoms with van der Waals surface area (Å²) in [7, 11) is 0. The van der Waals surface area contributed by atoms with Gasteiger partial charge in [0.05, 0.1) is 0 Å². The Labute approximate surface area is 176 Å². The van der Waals surface area contributed by atoms with Crippen LogP contribution >= 0.6 is 0 Å². The minimum absolute atomic E-state index is 0.339. The molecule has 0 bridgehead atoms. The Hall–Kier alpha value is -2.10. The fraction of sp³-hybridized carbons (Fsp3) is 0.600. The van der Waals surface area contributed by atoms with Crippen molar-refractivity contribution in [3.63, 3.8) is 0 Å². The maximum Gasteiger partial charge on any atom is 0.303 e. The second-order valence-corrected chi connectivity index (χ2v) is 7.95. The predicted molar refractivity (Wildman–Crippen MR) is 118 cm³/mol. The third-order valence-corrected chi connectivity index (χ3v) is 5.28. The van der Waals surface area contributed by atoms with Crippen LogP contribution in [-0.4, -0.2) is 11.0 Å². The molecule has 29 heavy (non-hydrogen) atoms. The summed E-state index contributed by atoms with van der Waals surface area (Å²) in [5.41, 5.74) is 3.15. The molecule has 0 radical (unpaired) electrons. The van der Waals surface area contributed by atoms with Crippen molar-refractivity contribution in [2.75, 3.05) is 0 Å². The van der Waals surface area contributed by atoms with E-state index in [1.54, 1.807) is 13.2 Å². The zero-order valence-electron chi connectivity index (χ0n) is 18.4. The number of aryl methyl sites for hydroxylation is 1. The lowest BCUT2D eigenvalue weighted by atomic mass is 10.0. The Morgan fingerprint density at radius 2 is 1.55 bits per heavy atom. The number of oxazole rings is 1. The third kappa shape index (κ3) is 8.84. The summed E-state index contributed by atoms with van der Waals surface area (Å²) < 4.78 is 10.6. The minimum Gasteiger partial charge on any atom is -0.453 e. The highest BCUT2D eigenvalue weighted by Gasteiger charge is 2.15. The summed E-state index contributed by atoms with van der Waals surface area (Å²) >= 11 is 0. The Balaban J connectivity index is 1.66. The lowest BCUT2D eigenvalue weighted by Crippen LogP contribution is -2.04. The molecule has 0 amide bonds. The molecule has 160 valence electrons. The van der Waals surface area contributed by atoms with Gasteiger partial charge in [0, 0.05) is 12.5 Å². The molecule has 0 aliphatic rings. The molecule has 0 spiro atoms. The third-order valence-electron chi connectivity index (χ3n) is 5.28. The molecule has 0 saturated carbocycles. The number of carbonyl (C=O) groups is 1. The monoisotopic (exact) mass is 399 g/mol. The zero-order chi connectivity index (χ0) is 20.9. The van der Waals surface area contributed by atoms with Crippen LogP contribution in [0.4, 0.5) is 0 Å². The molecule has 1 unspecified atom stereocenters. The summed E-state index contributed by atoms with van der Waals surface area (Å²) in [6, 6.07) is 8.52. The number of carbonyl (C=O) groups excluding carboxylic acids is 1.